The molecule has 14 heavy (non-hydrogen) atoms. The molecule has 2 rings (SSSR count). The zero-order valence-corrected chi connectivity index (χ0v) is 7.70. The number of hydrogen-bond donors (Lipinski definition) is 0. The zero-order valence-electron chi connectivity index (χ0n) is 12.7. The van der Waals surface area contributed by atoms with E-state index in [-0.39, 0.29) is 24.2 Å². The van der Waals surface area contributed by atoms with Gasteiger partial charge in [-0.2, -0.15) is 0 Å². The van der Waals surface area contributed by atoms with E-state index in [1.807, 2.05) is 0 Å². The second-order valence-electron chi connectivity index (χ2n) is 2.72. The van der Waals surface area contributed by atoms with Gasteiger partial charge in [0.15, 0.2) is 5.82 Å². The minimum atomic E-state index is -1.43. The Balaban J connectivity index is 2.43. The second-order valence-corrected chi connectivity index (χ2v) is 2.72. The fraction of sp³-hybridized carbons (Fsp3) is 0.167. The standard InChI is InChI=1S/C12H12N2/c1-2-10-4-6-11(7-5-10)12-13-8-3-9-14-12/h3-9H,2H2,1H3/i2D2,3D,8D,9D. The average Bonchev–Trinajstić information content (AvgIpc) is 2.34. The lowest BCUT2D eigenvalue weighted by molar-refractivity contribution is 1.13. The number of hydrogen-bond acceptors (Lipinski definition) is 2. The monoisotopic (exact) mass is 189 g/mol. The summed E-state index contributed by atoms with van der Waals surface area (Å²) in [4.78, 5) is 7.70. The van der Waals surface area contributed by atoms with Crippen molar-refractivity contribution in [2.75, 3.05) is 0 Å². The van der Waals surface area contributed by atoms with Crippen LogP contribution in [-0.4, -0.2) is 9.97 Å². The number of aromatic nitrogens is 2. The smallest absolute Gasteiger partial charge is 0.159 e. The van der Waals surface area contributed by atoms with Gasteiger partial charge in [-0.1, -0.05) is 31.2 Å². The van der Waals surface area contributed by atoms with E-state index < -0.39 is 6.37 Å². The molecule has 70 valence electrons. The van der Waals surface area contributed by atoms with Crippen molar-refractivity contribution >= 4 is 0 Å². The molecule has 0 amide bonds. The van der Waals surface area contributed by atoms with Crippen LogP contribution < -0.4 is 0 Å². The number of aryl methyl sites for hydroxylation is 1. The van der Waals surface area contributed by atoms with Gasteiger partial charge in [-0.25, -0.2) is 9.97 Å². The van der Waals surface area contributed by atoms with Gasteiger partial charge in [-0.05, 0) is 18.0 Å². The third-order valence-electron chi connectivity index (χ3n) is 1.87. The van der Waals surface area contributed by atoms with Gasteiger partial charge in [0, 0.05) is 20.7 Å². The number of rotatable bonds is 2. The van der Waals surface area contributed by atoms with E-state index >= 15 is 0 Å². The third-order valence-corrected chi connectivity index (χ3v) is 1.87. The Kier molecular flexibility index (Phi) is 1.34. The van der Waals surface area contributed by atoms with Crippen molar-refractivity contribution in [1.82, 2.24) is 9.97 Å². The molecule has 0 aliphatic rings. The summed E-state index contributed by atoms with van der Waals surface area (Å²) < 4.78 is 37.5. The Morgan fingerprint density at radius 3 is 2.43 bits per heavy atom. The second kappa shape index (κ2) is 4.01. The highest BCUT2D eigenvalue weighted by atomic mass is 14.8. The van der Waals surface area contributed by atoms with Crippen molar-refractivity contribution in [2.45, 2.75) is 13.3 Å². The summed E-state index contributed by atoms with van der Waals surface area (Å²) in [5.41, 5.74) is 1.13. The van der Waals surface area contributed by atoms with Gasteiger partial charge >= 0.3 is 0 Å². The lowest BCUT2D eigenvalue weighted by atomic mass is 10.1. The van der Waals surface area contributed by atoms with E-state index in [4.69, 9.17) is 6.85 Å². The fourth-order valence-electron chi connectivity index (χ4n) is 1.13. The molecule has 0 atom stereocenters. The topological polar surface area (TPSA) is 25.8 Å². The summed E-state index contributed by atoms with van der Waals surface area (Å²) >= 11 is 0. The maximum atomic E-state index is 7.59. The molecule has 0 unspecified atom stereocenters. The molecule has 0 fully saturated rings. The van der Waals surface area contributed by atoms with E-state index in [0.29, 0.717) is 11.1 Å². The molecule has 0 saturated carbocycles. The van der Waals surface area contributed by atoms with Crippen molar-refractivity contribution in [3.05, 3.63) is 48.2 Å². The van der Waals surface area contributed by atoms with Crippen molar-refractivity contribution in [2.24, 2.45) is 0 Å². The maximum Gasteiger partial charge on any atom is 0.159 e. The molecule has 2 aromatic rings. The Hall–Kier alpha value is -1.70. The van der Waals surface area contributed by atoms with Gasteiger partial charge in [0.25, 0.3) is 0 Å². The first kappa shape index (κ1) is 4.69. The van der Waals surface area contributed by atoms with E-state index in [2.05, 4.69) is 9.97 Å². The molecule has 0 aliphatic carbocycles. The highest BCUT2D eigenvalue weighted by molar-refractivity contribution is 5.54. The Morgan fingerprint density at radius 1 is 1.21 bits per heavy atom. The molecule has 0 aliphatic heterocycles. The Labute approximate surface area is 90.7 Å². The van der Waals surface area contributed by atoms with Crippen molar-refractivity contribution in [3.63, 3.8) is 0 Å². The highest BCUT2D eigenvalue weighted by Crippen LogP contribution is 2.14. The van der Waals surface area contributed by atoms with E-state index in [1.54, 1.807) is 24.3 Å². The molecule has 0 bridgehead atoms. The van der Waals surface area contributed by atoms with Crippen LogP contribution in [0.15, 0.2) is 42.7 Å². The van der Waals surface area contributed by atoms with E-state index in [0.717, 1.165) is 0 Å². The normalized spacial score (nSPS) is 16.2. The molecule has 0 saturated heterocycles. The Bertz CT molecular complexity index is 582. The molecule has 0 radical (unpaired) electrons. The molecule has 0 spiro atoms. The molecule has 0 N–H and O–H groups in total. The minimum absolute atomic E-state index is 0.203. The first-order chi connectivity index (χ1) is 8.79. The van der Waals surface area contributed by atoms with Gasteiger partial charge in [-0.3, -0.25) is 0 Å². The van der Waals surface area contributed by atoms with Crippen LogP contribution in [0.5, 0.6) is 0 Å². The van der Waals surface area contributed by atoms with E-state index in [1.165, 1.54) is 6.92 Å². The van der Waals surface area contributed by atoms with Crippen LogP contribution in [0.3, 0.4) is 0 Å². The van der Waals surface area contributed by atoms with Crippen LogP contribution in [0.25, 0.3) is 11.4 Å². The number of benzene rings is 1. The van der Waals surface area contributed by atoms with Crippen molar-refractivity contribution in [3.8, 4) is 11.4 Å². The summed E-state index contributed by atoms with van der Waals surface area (Å²) in [6, 6.07) is 6.25. The molecular weight excluding hydrogens is 172 g/mol. The molecule has 1 heterocycles. The predicted octanol–water partition coefficient (Wildman–Crippen LogP) is 2.71. The van der Waals surface area contributed by atoms with Crippen LogP contribution >= 0.6 is 0 Å². The Morgan fingerprint density at radius 2 is 1.86 bits per heavy atom. The highest BCUT2D eigenvalue weighted by Gasteiger charge is 1.98. The van der Waals surface area contributed by atoms with Gasteiger partial charge in [0.05, 0.1) is 4.11 Å². The van der Waals surface area contributed by atoms with Gasteiger partial charge in [-0.15, -0.1) is 0 Å². The lowest BCUT2D eigenvalue weighted by Crippen LogP contribution is -1.87. The van der Waals surface area contributed by atoms with Gasteiger partial charge in [0.2, 0.25) is 0 Å². The summed E-state index contributed by atoms with van der Waals surface area (Å²) in [5.74, 6) is 0.203. The lowest BCUT2D eigenvalue weighted by Gasteiger charge is -2.00. The molecule has 1 aromatic carbocycles. The summed E-state index contributed by atoms with van der Waals surface area (Å²) in [5, 5.41) is 0. The third kappa shape index (κ3) is 1.79. The summed E-state index contributed by atoms with van der Waals surface area (Å²) in [7, 11) is 0. The molecule has 2 heteroatoms. The first-order valence-corrected chi connectivity index (χ1v) is 4.22. The zero-order chi connectivity index (χ0) is 14.2. The van der Waals surface area contributed by atoms with Crippen LogP contribution in [0.2, 0.25) is 0 Å². The van der Waals surface area contributed by atoms with Gasteiger partial charge in [0.1, 0.15) is 0 Å². The quantitative estimate of drug-likeness (QED) is 0.726. The molecule has 2 nitrogen and oxygen atoms in total. The van der Waals surface area contributed by atoms with Crippen LogP contribution in [0, 0.1) is 0 Å². The predicted molar refractivity (Wildman–Crippen MR) is 56.8 cm³/mol. The molecule has 1 aromatic heterocycles. The number of nitrogens with zero attached hydrogens (tertiary/aromatic N) is 2. The first-order valence-electron chi connectivity index (χ1n) is 6.72. The van der Waals surface area contributed by atoms with E-state index in [9.17, 15) is 0 Å². The summed E-state index contributed by atoms with van der Waals surface area (Å²) in [6.45, 7) is 1.47. The van der Waals surface area contributed by atoms with Crippen LogP contribution in [0.4, 0.5) is 0 Å². The largest absolute Gasteiger partial charge is 0.237 e. The van der Waals surface area contributed by atoms with Crippen LogP contribution in [-0.2, 0) is 6.37 Å². The SMILES string of the molecule is [2H]c1nc(-c2ccc(C([2H])([2H])C)cc2)nc([2H])c1[2H]. The van der Waals surface area contributed by atoms with Crippen LogP contribution in [0.1, 0.15) is 19.3 Å². The van der Waals surface area contributed by atoms with Crippen molar-refractivity contribution in [1.29, 1.82) is 0 Å². The van der Waals surface area contributed by atoms with Gasteiger partial charge < -0.3 is 0 Å². The van der Waals surface area contributed by atoms with Crippen molar-refractivity contribution < 1.29 is 6.85 Å². The minimum Gasteiger partial charge on any atom is -0.237 e. The fourth-order valence-corrected chi connectivity index (χ4v) is 1.13. The maximum absolute atomic E-state index is 7.59. The average molecular weight is 189 g/mol. The summed E-state index contributed by atoms with van der Waals surface area (Å²) in [6.07, 6.45) is -2.00. The molecular formula is C12H12N2.